The number of anilines is 2. The Balaban J connectivity index is 1.78. The normalized spacial score (nSPS) is 13.4. The van der Waals surface area contributed by atoms with E-state index in [4.69, 9.17) is 5.11 Å². The van der Waals surface area contributed by atoms with Crippen molar-refractivity contribution < 1.29 is 92.8 Å². The summed E-state index contributed by atoms with van der Waals surface area (Å²) < 4.78 is 201. The van der Waals surface area contributed by atoms with Crippen LogP contribution in [0.2, 0.25) is 0 Å². The fourth-order valence-corrected chi connectivity index (χ4v) is 11.9. The van der Waals surface area contributed by atoms with Gasteiger partial charge in [0.2, 0.25) is 0 Å². The number of carboxylic acid groups (broad SMARTS) is 1. The van der Waals surface area contributed by atoms with Gasteiger partial charge in [-0.05, 0) is 48.4 Å². The second-order valence-corrected chi connectivity index (χ2v) is 22.4. The van der Waals surface area contributed by atoms with Crippen molar-refractivity contribution in [3.63, 3.8) is 0 Å². The zero-order chi connectivity index (χ0) is 47.2. The third kappa shape index (κ3) is 8.90. The van der Waals surface area contributed by atoms with Crippen molar-refractivity contribution in [2.75, 3.05) is 11.1 Å². The Morgan fingerprint density at radius 2 is 1.11 bits per heavy atom. The predicted molar refractivity (Wildman–Crippen MR) is 211 cm³/mol. The maximum atomic E-state index is 14.4. The lowest BCUT2D eigenvalue weighted by molar-refractivity contribution is -0.137. The summed E-state index contributed by atoms with van der Waals surface area (Å²) in [5, 5.41) is 10.4. The molecule has 6 rings (SSSR count). The number of hydrogen-bond donors (Lipinski definition) is 8. The summed E-state index contributed by atoms with van der Waals surface area (Å²) in [4.78, 5) is 47.3. The zero-order valence-corrected chi connectivity index (χ0v) is 35.5. The van der Waals surface area contributed by atoms with Crippen molar-refractivity contribution in [3.8, 4) is 11.1 Å². The quantitative estimate of drug-likeness (QED) is 0.0567. The lowest BCUT2D eigenvalue weighted by Crippen LogP contribution is -2.25. The number of aromatic nitrogens is 1. The van der Waals surface area contributed by atoms with E-state index in [1.54, 1.807) is 0 Å². The SMILES string of the molecule is O=C(O)CCCS(=O)(=O)c1cc(Nc2cc(S(=O)(=O)O)c3[nH]c(=O)c(C(=O)c4cc(S(=O)(=O)O)cc(S(=O)(=O)O)c4)c4c3c2C(=O)c2ccccc2-4)c(S(=O)(=O)O)cc1S(=O)(=O)O. The summed E-state index contributed by atoms with van der Waals surface area (Å²) in [7, 11) is -32.9. The Morgan fingerprint density at radius 1 is 0.587 bits per heavy atom. The summed E-state index contributed by atoms with van der Waals surface area (Å²) in [6.07, 6.45) is -1.47. The number of nitrogens with one attached hydrogen (secondary N) is 2. The van der Waals surface area contributed by atoms with Crippen LogP contribution in [0.25, 0.3) is 22.0 Å². The van der Waals surface area contributed by atoms with Gasteiger partial charge >= 0.3 is 5.97 Å². The summed E-state index contributed by atoms with van der Waals surface area (Å²) in [6, 6.07) is 6.23. The van der Waals surface area contributed by atoms with Crippen molar-refractivity contribution in [1.82, 2.24) is 4.98 Å². The van der Waals surface area contributed by atoms with Crippen LogP contribution in [0, 0.1) is 0 Å². The van der Waals surface area contributed by atoms with E-state index in [1.165, 1.54) is 12.1 Å². The van der Waals surface area contributed by atoms with Gasteiger partial charge in [-0.15, -0.1) is 0 Å². The highest BCUT2D eigenvalue weighted by Gasteiger charge is 2.38. The minimum absolute atomic E-state index is 0.0499. The average Bonchev–Trinajstić information content (AvgIpc) is 3.14. The van der Waals surface area contributed by atoms with Crippen LogP contribution in [0.1, 0.15) is 44.7 Å². The number of benzene rings is 4. The number of rotatable bonds is 14. The minimum Gasteiger partial charge on any atom is -0.481 e. The predicted octanol–water partition coefficient (Wildman–Crippen LogP) is 1.59. The van der Waals surface area contributed by atoms with E-state index in [0.717, 1.165) is 12.1 Å². The van der Waals surface area contributed by atoms with Crippen molar-refractivity contribution in [2.24, 2.45) is 0 Å². The maximum absolute atomic E-state index is 14.4. The number of aromatic amines is 1. The Morgan fingerprint density at radius 3 is 1.62 bits per heavy atom. The number of hydrogen-bond acceptors (Lipinski definition) is 17. The smallest absolute Gasteiger partial charge is 0.303 e. The second-order valence-electron chi connectivity index (χ2n) is 13.3. The molecule has 8 N–H and O–H groups in total. The molecule has 0 bridgehead atoms. The van der Waals surface area contributed by atoms with Gasteiger partial charge in [0.15, 0.2) is 21.4 Å². The molecule has 4 aromatic carbocycles. The van der Waals surface area contributed by atoms with Crippen LogP contribution in [-0.4, -0.2) is 107 Å². The molecule has 0 aliphatic heterocycles. The molecule has 1 heterocycles. The van der Waals surface area contributed by atoms with Crippen LogP contribution in [0.4, 0.5) is 11.4 Å². The van der Waals surface area contributed by atoms with E-state index in [-0.39, 0.29) is 23.8 Å². The van der Waals surface area contributed by atoms with Gasteiger partial charge in [0.25, 0.3) is 56.1 Å². The molecular formula is C33H24N2O22S6. The number of carbonyl (C=O) groups excluding carboxylic acids is 2. The molecule has 30 heteroatoms. The van der Waals surface area contributed by atoms with E-state index in [1.807, 2.05) is 4.98 Å². The lowest BCUT2D eigenvalue weighted by Gasteiger charge is -2.25. The topological polar surface area (TPSA) is 422 Å². The van der Waals surface area contributed by atoms with Gasteiger partial charge in [-0.3, -0.25) is 41.9 Å². The van der Waals surface area contributed by atoms with Crippen molar-refractivity contribution in [2.45, 2.75) is 42.2 Å². The van der Waals surface area contributed by atoms with Gasteiger partial charge in [0.1, 0.15) is 14.7 Å². The molecule has 1 aliphatic rings. The fourth-order valence-electron chi connectivity index (χ4n) is 6.62. The first-order chi connectivity index (χ1) is 28.7. The lowest BCUT2D eigenvalue weighted by atomic mass is 9.80. The molecule has 63 heavy (non-hydrogen) atoms. The average molecular weight is 993 g/mol. The molecule has 0 radical (unpaired) electrons. The Bertz CT molecular complexity index is 3640. The Labute approximate surface area is 353 Å². The van der Waals surface area contributed by atoms with Gasteiger partial charge in [0.05, 0.1) is 48.5 Å². The first-order valence-electron chi connectivity index (χ1n) is 16.6. The van der Waals surface area contributed by atoms with Gasteiger partial charge in [-0.25, -0.2) is 8.42 Å². The largest absolute Gasteiger partial charge is 0.481 e. The molecule has 5 aromatic rings. The molecule has 1 aliphatic carbocycles. The minimum atomic E-state index is -5.74. The number of carbonyl (C=O) groups is 3. The Hall–Kier alpha value is -5.80. The van der Waals surface area contributed by atoms with Crippen LogP contribution in [-0.2, 0) is 65.2 Å². The highest BCUT2D eigenvalue weighted by molar-refractivity contribution is 7.93. The van der Waals surface area contributed by atoms with Crippen LogP contribution in [0.3, 0.4) is 0 Å². The van der Waals surface area contributed by atoms with Crippen molar-refractivity contribution in [3.05, 3.63) is 93.3 Å². The molecule has 24 nitrogen and oxygen atoms in total. The number of pyridine rings is 1. The van der Waals surface area contributed by atoms with E-state index >= 15 is 0 Å². The molecule has 0 fully saturated rings. The molecule has 0 atom stereocenters. The van der Waals surface area contributed by atoms with Crippen molar-refractivity contribution >= 4 is 100 Å². The van der Waals surface area contributed by atoms with Gasteiger partial charge in [0, 0.05) is 28.5 Å². The van der Waals surface area contributed by atoms with E-state index in [0.29, 0.717) is 18.2 Å². The van der Waals surface area contributed by atoms with Crippen LogP contribution < -0.4 is 10.9 Å². The summed E-state index contributed by atoms with van der Waals surface area (Å²) in [6.45, 7) is 0. The molecule has 334 valence electrons. The molecule has 0 saturated heterocycles. The van der Waals surface area contributed by atoms with Gasteiger partial charge < -0.3 is 15.4 Å². The van der Waals surface area contributed by atoms with E-state index in [2.05, 4.69) is 5.32 Å². The third-order valence-electron chi connectivity index (χ3n) is 9.18. The number of fused-ring (bicyclic) bond motifs is 2. The van der Waals surface area contributed by atoms with E-state index in [9.17, 15) is 92.4 Å². The third-order valence-corrected chi connectivity index (χ3v) is 15.5. The van der Waals surface area contributed by atoms with E-state index < -0.39 is 182 Å². The number of aliphatic carboxylic acids is 1. The molecule has 0 unspecified atom stereocenters. The molecule has 0 saturated carbocycles. The van der Waals surface area contributed by atoms with Crippen LogP contribution in [0.5, 0.6) is 0 Å². The first kappa shape index (κ1) is 46.7. The number of H-pyrrole nitrogens is 1. The standard InChI is InChI=1S/C33H24N2O22S6/c36-25(37)6-3-7-58(41,42)22-11-19(21(61(49,50)51)13-23(22)62(52,53)54)34-20-12-24(63(55,56)57)30-28-26(17-4-1-2-5-18(17)32(39)27(20)28)29(33(40)35-30)31(38)14-8-15(59(43,44)45)10-16(9-14)60(46,47)48/h1-2,4-5,8-13,34H,3,6-7H2,(H,35,40)(H,36,37)(H,43,44,45)(H,46,47,48)(H,49,50,51)(H,52,53,54)(H,55,56,57). The van der Waals surface area contributed by atoms with Gasteiger partial charge in [-0.1, -0.05) is 24.3 Å². The second kappa shape index (κ2) is 15.5. The van der Waals surface area contributed by atoms with Crippen LogP contribution in [0.15, 0.2) is 94.8 Å². The molecular weight excluding hydrogens is 969 g/mol. The fraction of sp³-hybridized carbons (Fsp3) is 0.0909. The molecule has 0 amide bonds. The number of ketones is 2. The Kier molecular flexibility index (Phi) is 11.5. The summed E-state index contributed by atoms with van der Waals surface area (Å²) in [5.74, 6) is -5.42. The van der Waals surface area contributed by atoms with Crippen LogP contribution >= 0.6 is 0 Å². The highest BCUT2D eigenvalue weighted by atomic mass is 32.2. The molecule has 0 spiro atoms. The molecule has 1 aromatic heterocycles. The summed E-state index contributed by atoms with van der Waals surface area (Å²) in [5.41, 5.74) is -9.14. The van der Waals surface area contributed by atoms with Gasteiger partial charge in [-0.2, -0.15) is 42.1 Å². The highest BCUT2D eigenvalue weighted by Crippen LogP contribution is 2.46. The number of sulfone groups is 1. The monoisotopic (exact) mass is 992 g/mol. The van der Waals surface area contributed by atoms with Crippen molar-refractivity contribution in [1.29, 1.82) is 0 Å². The summed E-state index contributed by atoms with van der Waals surface area (Å²) >= 11 is 0. The maximum Gasteiger partial charge on any atom is 0.303 e. The number of carboxylic acids is 1. The first-order valence-corrected chi connectivity index (χ1v) is 25.5. The zero-order valence-electron chi connectivity index (χ0n) is 30.6.